The van der Waals surface area contributed by atoms with Gasteiger partial charge >= 0.3 is 0 Å². The molecule has 0 spiro atoms. The predicted molar refractivity (Wildman–Crippen MR) is 84.5 cm³/mol. The normalized spacial score (nSPS) is 20.4. The number of rotatable bonds is 3. The molecule has 0 aliphatic carbocycles. The third kappa shape index (κ3) is 2.16. The highest BCUT2D eigenvalue weighted by Crippen LogP contribution is 2.37. The lowest BCUT2D eigenvalue weighted by Gasteiger charge is -2.35. The minimum Gasteiger partial charge on any atom is -0.493 e. The van der Waals surface area contributed by atoms with Crippen LogP contribution in [0.5, 0.6) is 11.5 Å². The van der Waals surface area contributed by atoms with Gasteiger partial charge in [0.15, 0.2) is 17.3 Å². The third-order valence-electron chi connectivity index (χ3n) is 4.29. The minimum atomic E-state index is -0.728. The van der Waals surface area contributed by atoms with Crippen molar-refractivity contribution in [1.82, 2.24) is 5.32 Å². The van der Waals surface area contributed by atoms with Crippen LogP contribution < -0.4 is 14.8 Å². The standard InChI is InChI=1S/C18H19NO3/c1-18(13-7-5-4-6-8-13)17(20)14-10-16(22-3)15(21-2)9-12(14)11-19-18/h4-10,19H,11H2,1-3H3. The highest BCUT2D eigenvalue weighted by atomic mass is 16.5. The average Bonchev–Trinajstić information content (AvgIpc) is 2.58. The van der Waals surface area contributed by atoms with E-state index in [9.17, 15) is 4.79 Å². The molecule has 114 valence electrons. The van der Waals surface area contributed by atoms with E-state index in [1.807, 2.05) is 43.3 Å². The molecule has 22 heavy (non-hydrogen) atoms. The van der Waals surface area contributed by atoms with Gasteiger partial charge in [0.2, 0.25) is 0 Å². The summed E-state index contributed by atoms with van der Waals surface area (Å²) in [6.45, 7) is 2.52. The summed E-state index contributed by atoms with van der Waals surface area (Å²) in [4.78, 5) is 13.0. The zero-order valence-electron chi connectivity index (χ0n) is 13.0. The number of ether oxygens (including phenoxy) is 2. The van der Waals surface area contributed by atoms with Gasteiger partial charge in [0, 0.05) is 12.1 Å². The Labute approximate surface area is 130 Å². The fourth-order valence-electron chi connectivity index (χ4n) is 2.90. The predicted octanol–water partition coefficient (Wildman–Crippen LogP) is 2.91. The Balaban J connectivity index is 2.09. The lowest BCUT2D eigenvalue weighted by Crippen LogP contribution is -2.49. The summed E-state index contributed by atoms with van der Waals surface area (Å²) in [5, 5.41) is 3.36. The molecule has 2 aromatic rings. The Morgan fingerprint density at radius 1 is 1.05 bits per heavy atom. The van der Waals surface area contributed by atoms with Crippen molar-refractivity contribution in [2.24, 2.45) is 0 Å². The Bertz CT molecular complexity index is 712. The minimum absolute atomic E-state index is 0.0425. The second kappa shape index (κ2) is 5.46. The van der Waals surface area contributed by atoms with Gasteiger partial charge in [0.25, 0.3) is 0 Å². The van der Waals surface area contributed by atoms with Gasteiger partial charge in [0.05, 0.1) is 14.2 Å². The Kier molecular flexibility index (Phi) is 3.62. The van der Waals surface area contributed by atoms with E-state index in [1.165, 1.54) is 0 Å². The number of methoxy groups -OCH3 is 2. The monoisotopic (exact) mass is 297 g/mol. The zero-order valence-corrected chi connectivity index (χ0v) is 13.0. The summed E-state index contributed by atoms with van der Waals surface area (Å²) in [5.41, 5.74) is 1.84. The first-order chi connectivity index (χ1) is 10.6. The number of benzene rings is 2. The molecule has 0 amide bonds. The molecule has 4 nitrogen and oxygen atoms in total. The quantitative estimate of drug-likeness (QED) is 0.946. The molecule has 3 rings (SSSR count). The van der Waals surface area contributed by atoms with Gasteiger partial charge in [-0.1, -0.05) is 30.3 Å². The molecular formula is C18H19NO3. The topological polar surface area (TPSA) is 47.6 Å². The molecule has 4 heteroatoms. The molecule has 2 aromatic carbocycles. The number of nitrogens with one attached hydrogen (secondary N) is 1. The summed E-state index contributed by atoms with van der Waals surface area (Å²) >= 11 is 0. The zero-order chi connectivity index (χ0) is 15.7. The van der Waals surface area contributed by atoms with Crippen LogP contribution >= 0.6 is 0 Å². The van der Waals surface area contributed by atoms with Crippen LogP contribution in [0.2, 0.25) is 0 Å². The summed E-state index contributed by atoms with van der Waals surface area (Å²) in [6, 6.07) is 13.4. The fourth-order valence-corrected chi connectivity index (χ4v) is 2.90. The van der Waals surface area contributed by atoms with E-state index < -0.39 is 5.54 Å². The van der Waals surface area contributed by atoms with Gasteiger partial charge in [-0.25, -0.2) is 0 Å². The molecule has 0 aromatic heterocycles. The highest BCUT2D eigenvalue weighted by Gasteiger charge is 2.40. The number of carbonyl (C=O) groups is 1. The molecule has 0 bridgehead atoms. The second-order valence-electron chi connectivity index (χ2n) is 5.54. The van der Waals surface area contributed by atoms with Gasteiger partial charge < -0.3 is 9.47 Å². The van der Waals surface area contributed by atoms with Crippen LogP contribution in [0.15, 0.2) is 42.5 Å². The highest BCUT2D eigenvalue weighted by molar-refractivity contribution is 6.06. The summed E-state index contributed by atoms with van der Waals surface area (Å²) in [6.07, 6.45) is 0. The van der Waals surface area contributed by atoms with Crippen LogP contribution in [-0.2, 0) is 12.1 Å². The number of fused-ring (bicyclic) bond motifs is 1. The first-order valence-corrected chi connectivity index (χ1v) is 7.20. The molecule has 1 N–H and O–H groups in total. The summed E-state index contributed by atoms with van der Waals surface area (Å²) in [7, 11) is 3.17. The van der Waals surface area contributed by atoms with Gasteiger partial charge in [-0.05, 0) is 30.2 Å². The summed E-state index contributed by atoms with van der Waals surface area (Å²) < 4.78 is 10.6. The number of Topliss-reactive ketones (excluding diaryl/α,β-unsaturated/α-hetero) is 1. The van der Waals surface area contributed by atoms with Crippen LogP contribution in [0, 0.1) is 0 Å². The maximum absolute atomic E-state index is 13.0. The average molecular weight is 297 g/mol. The van der Waals surface area contributed by atoms with Crippen molar-refractivity contribution in [3.63, 3.8) is 0 Å². The molecule has 1 aliphatic rings. The molecule has 1 aliphatic heterocycles. The maximum atomic E-state index is 13.0. The second-order valence-corrected chi connectivity index (χ2v) is 5.54. The third-order valence-corrected chi connectivity index (χ3v) is 4.29. The van der Waals surface area contributed by atoms with Crippen LogP contribution in [0.3, 0.4) is 0 Å². The van der Waals surface area contributed by atoms with E-state index in [2.05, 4.69) is 5.32 Å². The van der Waals surface area contributed by atoms with Gasteiger partial charge in [-0.15, -0.1) is 0 Å². The van der Waals surface area contributed by atoms with Crippen molar-refractivity contribution in [3.05, 3.63) is 59.2 Å². The van der Waals surface area contributed by atoms with E-state index in [0.717, 1.165) is 11.1 Å². The van der Waals surface area contributed by atoms with Crippen LogP contribution in [0.25, 0.3) is 0 Å². The number of hydrogen-bond acceptors (Lipinski definition) is 4. The molecule has 0 fully saturated rings. The van der Waals surface area contributed by atoms with Gasteiger partial charge in [-0.2, -0.15) is 0 Å². The number of ketones is 1. The van der Waals surface area contributed by atoms with Crippen molar-refractivity contribution < 1.29 is 14.3 Å². The fraction of sp³-hybridized carbons (Fsp3) is 0.278. The molecule has 0 radical (unpaired) electrons. The molecular weight excluding hydrogens is 278 g/mol. The van der Waals surface area contributed by atoms with E-state index in [1.54, 1.807) is 20.3 Å². The van der Waals surface area contributed by atoms with E-state index >= 15 is 0 Å². The van der Waals surface area contributed by atoms with Crippen LogP contribution in [0.4, 0.5) is 0 Å². The lowest BCUT2D eigenvalue weighted by atomic mass is 9.79. The molecule has 1 unspecified atom stereocenters. The van der Waals surface area contributed by atoms with Crippen LogP contribution in [0.1, 0.15) is 28.4 Å². The van der Waals surface area contributed by atoms with E-state index in [0.29, 0.717) is 23.6 Å². The lowest BCUT2D eigenvalue weighted by molar-refractivity contribution is 0.0845. The summed E-state index contributed by atoms with van der Waals surface area (Å²) in [5.74, 6) is 1.26. The molecule has 1 heterocycles. The van der Waals surface area contributed by atoms with Gasteiger partial charge in [-0.3, -0.25) is 10.1 Å². The molecule has 1 atom stereocenters. The SMILES string of the molecule is COc1cc2c(cc1OC)C(=O)C(C)(c1ccccc1)NC2. The van der Waals surface area contributed by atoms with Crippen molar-refractivity contribution in [2.45, 2.75) is 19.0 Å². The largest absolute Gasteiger partial charge is 0.493 e. The van der Waals surface area contributed by atoms with Crippen molar-refractivity contribution >= 4 is 5.78 Å². The smallest absolute Gasteiger partial charge is 0.187 e. The number of hydrogen-bond donors (Lipinski definition) is 1. The maximum Gasteiger partial charge on any atom is 0.187 e. The first-order valence-electron chi connectivity index (χ1n) is 7.20. The van der Waals surface area contributed by atoms with Crippen molar-refractivity contribution in [3.8, 4) is 11.5 Å². The Morgan fingerprint density at radius 2 is 1.68 bits per heavy atom. The molecule has 0 saturated heterocycles. The number of carbonyl (C=O) groups excluding carboxylic acids is 1. The van der Waals surface area contributed by atoms with Crippen LogP contribution in [-0.4, -0.2) is 20.0 Å². The Morgan fingerprint density at radius 3 is 2.32 bits per heavy atom. The van der Waals surface area contributed by atoms with Crippen molar-refractivity contribution in [2.75, 3.05) is 14.2 Å². The van der Waals surface area contributed by atoms with Crippen molar-refractivity contribution in [1.29, 1.82) is 0 Å². The Hall–Kier alpha value is -2.33. The van der Waals surface area contributed by atoms with E-state index in [-0.39, 0.29) is 5.78 Å². The molecule has 0 saturated carbocycles. The van der Waals surface area contributed by atoms with Gasteiger partial charge in [0.1, 0.15) is 5.54 Å². The first kappa shape index (κ1) is 14.6. The van der Waals surface area contributed by atoms with E-state index in [4.69, 9.17) is 9.47 Å².